The SMILES string of the molecule is CCNC(CC)c1ccc(N2CCSC(C)(C)C2)cn1. The number of hydrogen-bond donors (Lipinski definition) is 1. The first kappa shape index (κ1) is 15.6. The van der Waals surface area contributed by atoms with Crippen molar-refractivity contribution in [3.8, 4) is 0 Å². The lowest BCUT2D eigenvalue weighted by Crippen LogP contribution is -2.43. The van der Waals surface area contributed by atoms with Crippen molar-refractivity contribution in [1.82, 2.24) is 10.3 Å². The molecule has 1 N–H and O–H groups in total. The third-order valence-corrected chi connectivity index (χ3v) is 5.07. The van der Waals surface area contributed by atoms with Crippen LogP contribution in [-0.4, -0.2) is 35.1 Å². The smallest absolute Gasteiger partial charge is 0.0574 e. The molecule has 0 radical (unpaired) electrons. The zero-order valence-corrected chi connectivity index (χ0v) is 14.0. The van der Waals surface area contributed by atoms with Gasteiger partial charge in [0.05, 0.1) is 17.6 Å². The van der Waals surface area contributed by atoms with Crippen molar-refractivity contribution in [3.05, 3.63) is 24.0 Å². The molecule has 4 heteroatoms. The summed E-state index contributed by atoms with van der Waals surface area (Å²) in [4.78, 5) is 7.14. The van der Waals surface area contributed by atoms with Gasteiger partial charge in [-0.2, -0.15) is 11.8 Å². The van der Waals surface area contributed by atoms with Crippen molar-refractivity contribution in [2.45, 2.75) is 44.9 Å². The molecule has 20 heavy (non-hydrogen) atoms. The summed E-state index contributed by atoms with van der Waals surface area (Å²) in [5.41, 5.74) is 2.41. The number of aromatic nitrogens is 1. The molecule has 2 rings (SSSR count). The maximum absolute atomic E-state index is 4.68. The summed E-state index contributed by atoms with van der Waals surface area (Å²) < 4.78 is 0.340. The fourth-order valence-corrected chi connectivity index (χ4v) is 3.84. The third-order valence-electron chi connectivity index (χ3n) is 3.78. The van der Waals surface area contributed by atoms with Gasteiger partial charge in [-0.15, -0.1) is 0 Å². The molecule has 1 aliphatic heterocycles. The van der Waals surface area contributed by atoms with E-state index in [9.17, 15) is 0 Å². The van der Waals surface area contributed by atoms with E-state index >= 15 is 0 Å². The summed E-state index contributed by atoms with van der Waals surface area (Å²) in [5.74, 6) is 1.20. The van der Waals surface area contributed by atoms with Gasteiger partial charge in [0.15, 0.2) is 0 Å². The molecule has 1 saturated heterocycles. The Morgan fingerprint density at radius 3 is 2.75 bits per heavy atom. The second-order valence-electron chi connectivity index (χ2n) is 5.99. The molecular weight excluding hydrogens is 266 g/mol. The minimum atomic E-state index is 0.340. The number of thioether (sulfide) groups is 1. The molecule has 0 saturated carbocycles. The van der Waals surface area contributed by atoms with Gasteiger partial charge in [0.25, 0.3) is 0 Å². The van der Waals surface area contributed by atoms with Crippen LogP contribution in [0, 0.1) is 0 Å². The summed E-state index contributed by atoms with van der Waals surface area (Å²) >= 11 is 2.06. The Kier molecular flexibility index (Phi) is 5.33. The first-order valence-corrected chi connectivity index (χ1v) is 8.62. The van der Waals surface area contributed by atoms with Crippen molar-refractivity contribution in [2.24, 2.45) is 0 Å². The lowest BCUT2D eigenvalue weighted by atomic mass is 10.1. The largest absolute Gasteiger partial charge is 0.368 e. The Morgan fingerprint density at radius 1 is 1.40 bits per heavy atom. The number of nitrogens with zero attached hydrogens (tertiary/aromatic N) is 2. The van der Waals surface area contributed by atoms with E-state index in [-0.39, 0.29) is 0 Å². The van der Waals surface area contributed by atoms with E-state index in [0.29, 0.717) is 10.8 Å². The minimum Gasteiger partial charge on any atom is -0.368 e. The van der Waals surface area contributed by atoms with Gasteiger partial charge < -0.3 is 10.2 Å². The van der Waals surface area contributed by atoms with E-state index in [1.807, 2.05) is 6.20 Å². The zero-order chi connectivity index (χ0) is 14.6. The van der Waals surface area contributed by atoms with Gasteiger partial charge >= 0.3 is 0 Å². The Labute approximate surface area is 127 Å². The third kappa shape index (κ3) is 3.89. The van der Waals surface area contributed by atoms with Crippen LogP contribution in [0.5, 0.6) is 0 Å². The van der Waals surface area contributed by atoms with Gasteiger partial charge in [-0.05, 0) is 38.9 Å². The molecule has 1 aliphatic rings. The molecule has 112 valence electrons. The van der Waals surface area contributed by atoms with Crippen LogP contribution in [0.1, 0.15) is 45.9 Å². The van der Waals surface area contributed by atoms with Crippen molar-refractivity contribution in [3.63, 3.8) is 0 Å². The average molecular weight is 293 g/mol. The maximum atomic E-state index is 4.68. The van der Waals surface area contributed by atoms with Gasteiger partial charge in [-0.25, -0.2) is 0 Å². The van der Waals surface area contributed by atoms with E-state index in [1.54, 1.807) is 0 Å². The summed E-state index contributed by atoms with van der Waals surface area (Å²) in [6.45, 7) is 12.2. The van der Waals surface area contributed by atoms with Crippen LogP contribution in [0.4, 0.5) is 5.69 Å². The normalized spacial score (nSPS) is 19.9. The predicted octanol–water partition coefficient (Wildman–Crippen LogP) is 3.47. The Balaban J connectivity index is 2.07. The first-order chi connectivity index (χ1) is 9.55. The molecule has 0 amide bonds. The molecular formula is C16H27N3S. The van der Waals surface area contributed by atoms with Crippen LogP contribution >= 0.6 is 11.8 Å². The van der Waals surface area contributed by atoms with E-state index in [1.165, 1.54) is 11.4 Å². The van der Waals surface area contributed by atoms with Crippen LogP contribution in [0.25, 0.3) is 0 Å². The molecule has 0 aliphatic carbocycles. The van der Waals surface area contributed by atoms with E-state index in [2.05, 4.69) is 66.8 Å². The molecule has 0 spiro atoms. The summed E-state index contributed by atoms with van der Waals surface area (Å²) in [6, 6.07) is 4.79. The number of hydrogen-bond acceptors (Lipinski definition) is 4. The fraction of sp³-hybridized carbons (Fsp3) is 0.688. The number of anilines is 1. The van der Waals surface area contributed by atoms with E-state index in [0.717, 1.165) is 31.7 Å². The van der Waals surface area contributed by atoms with Crippen molar-refractivity contribution in [2.75, 3.05) is 30.3 Å². The van der Waals surface area contributed by atoms with Gasteiger partial charge in [0.1, 0.15) is 0 Å². The highest BCUT2D eigenvalue weighted by Gasteiger charge is 2.27. The first-order valence-electron chi connectivity index (χ1n) is 7.64. The van der Waals surface area contributed by atoms with Gasteiger partial charge in [-0.1, -0.05) is 13.8 Å². The molecule has 1 aromatic heterocycles. The van der Waals surface area contributed by atoms with Gasteiger partial charge in [0, 0.05) is 29.6 Å². The van der Waals surface area contributed by atoms with Gasteiger partial charge in [0.2, 0.25) is 0 Å². The minimum absolute atomic E-state index is 0.340. The second-order valence-corrected chi connectivity index (χ2v) is 7.79. The van der Waals surface area contributed by atoms with Crippen molar-refractivity contribution < 1.29 is 0 Å². The average Bonchev–Trinajstić information content (AvgIpc) is 2.44. The topological polar surface area (TPSA) is 28.2 Å². The van der Waals surface area contributed by atoms with E-state index < -0.39 is 0 Å². The highest BCUT2D eigenvalue weighted by atomic mass is 32.2. The molecule has 1 aromatic rings. The highest BCUT2D eigenvalue weighted by molar-refractivity contribution is 8.00. The summed E-state index contributed by atoms with van der Waals surface area (Å²) in [6.07, 6.45) is 3.12. The highest BCUT2D eigenvalue weighted by Crippen LogP contribution is 2.32. The summed E-state index contributed by atoms with van der Waals surface area (Å²) in [7, 11) is 0. The molecule has 1 unspecified atom stereocenters. The summed E-state index contributed by atoms with van der Waals surface area (Å²) in [5, 5.41) is 3.48. The second kappa shape index (κ2) is 6.81. The standard InChI is InChI=1S/C16H27N3S/c1-5-14(17-6-2)15-8-7-13(11-18-15)19-9-10-20-16(3,4)12-19/h7-8,11,14,17H,5-6,9-10,12H2,1-4H3. The van der Waals surface area contributed by atoms with Crippen LogP contribution < -0.4 is 10.2 Å². The van der Waals surface area contributed by atoms with Crippen molar-refractivity contribution >= 4 is 17.4 Å². The predicted molar refractivity (Wildman–Crippen MR) is 89.7 cm³/mol. The molecule has 1 fully saturated rings. The lowest BCUT2D eigenvalue weighted by Gasteiger charge is -2.38. The number of pyridine rings is 1. The Bertz CT molecular complexity index is 416. The molecule has 1 atom stereocenters. The van der Waals surface area contributed by atoms with Crippen LogP contribution in [0.15, 0.2) is 18.3 Å². The van der Waals surface area contributed by atoms with Crippen LogP contribution in [-0.2, 0) is 0 Å². The molecule has 0 bridgehead atoms. The molecule has 0 aromatic carbocycles. The Hall–Kier alpha value is -0.740. The lowest BCUT2D eigenvalue weighted by molar-refractivity contribution is 0.524. The fourth-order valence-electron chi connectivity index (χ4n) is 2.73. The maximum Gasteiger partial charge on any atom is 0.0574 e. The van der Waals surface area contributed by atoms with Gasteiger partial charge in [-0.3, -0.25) is 4.98 Å². The monoisotopic (exact) mass is 293 g/mol. The van der Waals surface area contributed by atoms with E-state index in [4.69, 9.17) is 0 Å². The zero-order valence-electron chi connectivity index (χ0n) is 13.1. The molecule has 3 nitrogen and oxygen atoms in total. The van der Waals surface area contributed by atoms with Crippen LogP contribution in [0.3, 0.4) is 0 Å². The Morgan fingerprint density at radius 2 is 2.20 bits per heavy atom. The van der Waals surface area contributed by atoms with Crippen LogP contribution in [0.2, 0.25) is 0 Å². The number of rotatable bonds is 5. The molecule has 2 heterocycles. The quantitative estimate of drug-likeness (QED) is 0.900. The van der Waals surface area contributed by atoms with Crippen molar-refractivity contribution in [1.29, 1.82) is 0 Å². The number of nitrogens with one attached hydrogen (secondary N) is 1.